The molecule has 1 atom stereocenters. The second kappa shape index (κ2) is 6.95. The highest BCUT2D eigenvalue weighted by Crippen LogP contribution is 2.35. The Bertz CT molecular complexity index is 1080. The van der Waals surface area contributed by atoms with Crippen molar-refractivity contribution in [2.45, 2.75) is 40.3 Å². The van der Waals surface area contributed by atoms with Gasteiger partial charge in [-0.25, -0.2) is 4.68 Å². The number of anilines is 2. The highest BCUT2D eigenvalue weighted by molar-refractivity contribution is 6.06. The topological polar surface area (TPSA) is 89.7 Å². The largest absolute Gasteiger partial charge is 0.328 e. The zero-order valence-electron chi connectivity index (χ0n) is 16.4. The van der Waals surface area contributed by atoms with E-state index >= 15 is 0 Å². The predicted octanol–water partition coefficient (Wildman–Crippen LogP) is 3.04. The monoisotopic (exact) mass is 377 g/mol. The molecule has 4 rings (SSSR count). The summed E-state index contributed by atoms with van der Waals surface area (Å²) in [5.41, 5.74) is 5.20. The third-order valence-electron chi connectivity index (χ3n) is 4.96. The molecule has 8 nitrogen and oxygen atoms in total. The fourth-order valence-electron chi connectivity index (χ4n) is 3.53. The molecule has 0 spiro atoms. The van der Waals surface area contributed by atoms with E-state index in [-0.39, 0.29) is 5.91 Å². The summed E-state index contributed by atoms with van der Waals surface area (Å²) < 4.78 is 3.56. The molecule has 3 aromatic rings. The van der Waals surface area contributed by atoms with Gasteiger partial charge in [0.1, 0.15) is 12.4 Å². The molecule has 144 valence electrons. The van der Waals surface area contributed by atoms with Gasteiger partial charge in [-0.2, -0.15) is 15.2 Å². The number of hydrogen-bond acceptors (Lipinski definition) is 5. The fraction of sp³-hybridized carbons (Fsp3) is 0.300. The summed E-state index contributed by atoms with van der Waals surface area (Å²) in [4.78, 5) is 17.6. The number of aryl methyl sites for hydroxylation is 3. The van der Waals surface area contributed by atoms with Crippen LogP contribution in [0.2, 0.25) is 0 Å². The molecule has 0 saturated carbocycles. The van der Waals surface area contributed by atoms with Crippen LogP contribution in [0.15, 0.2) is 48.2 Å². The molecule has 2 aromatic heterocycles. The Balaban J connectivity index is 1.74. The molecule has 0 saturated heterocycles. The first-order valence-corrected chi connectivity index (χ1v) is 9.26. The molecule has 0 aliphatic carbocycles. The SMILES string of the molecule is CCn1cc([C@H]2C(C(=O)Nc3ccc(C)cc3C)=C(C)Nc3ncnn32)cn1. The number of nitrogens with zero attached hydrogens (tertiary/aromatic N) is 5. The Hall–Kier alpha value is -3.42. The maximum absolute atomic E-state index is 13.3. The van der Waals surface area contributed by atoms with Crippen molar-refractivity contribution in [1.29, 1.82) is 0 Å². The molecule has 0 unspecified atom stereocenters. The van der Waals surface area contributed by atoms with Crippen molar-refractivity contribution in [3.05, 3.63) is 64.9 Å². The number of amides is 1. The van der Waals surface area contributed by atoms with Crippen LogP contribution in [0.3, 0.4) is 0 Å². The standard InChI is InChI=1S/C20H23N7O/c1-5-26-10-15(9-22-26)18-17(14(4)24-20-21-11-23-27(18)20)19(28)25-16-7-6-12(2)8-13(16)3/h6-11,18H,5H2,1-4H3,(H,25,28)(H,21,23,24)/t18-/m0/s1. The molecule has 28 heavy (non-hydrogen) atoms. The van der Waals surface area contributed by atoms with E-state index < -0.39 is 6.04 Å². The number of rotatable bonds is 4. The zero-order chi connectivity index (χ0) is 19.8. The van der Waals surface area contributed by atoms with Crippen molar-refractivity contribution in [3.63, 3.8) is 0 Å². The van der Waals surface area contributed by atoms with Crippen molar-refractivity contribution in [2.75, 3.05) is 10.6 Å². The Morgan fingerprint density at radius 1 is 1.25 bits per heavy atom. The summed E-state index contributed by atoms with van der Waals surface area (Å²) in [5.74, 6) is 0.433. The number of carbonyl (C=O) groups excluding carboxylic acids is 1. The number of hydrogen-bond donors (Lipinski definition) is 2. The van der Waals surface area contributed by atoms with Crippen LogP contribution in [-0.2, 0) is 11.3 Å². The maximum Gasteiger partial charge on any atom is 0.255 e. The van der Waals surface area contributed by atoms with E-state index in [1.807, 2.05) is 56.8 Å². The van der Waals surface area contributed by atoms with Crippen LogP contribution in [0.1, 0.15) is 36.6 Å². The van der Waals surface area contributed by atoms with E-state index in [2.05, 4.69) is 25.8 Å². The lowest BCUT2D eigenvalue weighted by molar-refractivity contribution is -0.113. The van der Waals surface area contributed by atoms with Crippen molar-refractivity contribution >= 4 is 17.5 Å². The molecule has 1 aliphatic rings. The number of nitrogens with one attached hydrogen (secondary N) is 2. The lowest BCUT2D eigenvalue weighted by Gasteiger charge is -2.28. The number of aromatic nitrogens is 5. The molecule has 8 heteroatoms. The fourth-order valence-corrected chi connectivity index (χ4v) is 3.53. The minimum absolute atomic E-state index is 0.174. The first kappa shape index (κ1) is 18.0. The van der Waals surface area contributed by atoms with E-state index in [1.54, 1.807) is 10.9 Å². The normalized spacial score (nSPS) is 15.9. The Morgan fingerprint density at radius 2 is 2.07 bits per heavy atom. The second-order valence-electron chi connectivity index (χ2n) is 7.00. The van der Waals surface area contributed by atoms with Crippen LogP contribution in [-0.4, -0.2) is 30.5 Å². The zero-order valence-corrected chi connectivity index (χ0v) is 16.4. The molecule has 0 bridgehead atoms. The number of benzene rings is 1. The average Bonchev–Trinajstić information content (AvgIpc) is 3.31. The minimum Gasteiger partial charge on any atom is -0.328 e. The van der Waals surface area contributed by atoms with Gasteiger partial charge in [0.15, 0.2) is 0 Å². The molecule has 1 amide bonds. The van der Waals surface area contributed by atoms with Crippen molar-refractivity contribution in [1.82, 2.24) is 24.5 Å². The smallest absolute Gasteiger partial charge is 0.255 e. The summed E-state index contributed by atoms with van der Waals surface area (Å²) in [6.45, 7) is 8.68. The molecule has 1 aliphatic heterocycles. The van der Waals surface area contributed by atoms with Gasteiger partial charge in [0.05, 0.1) is 11.8 Å². The van der Waals surface area contributed by atoms with Gasteiger partial charge in [0.2, 0.25) is 5.95 Å². The van der Waals surface area contributed by atoms with Crippen LogP contribution in [0.25, 0.3) is 0 Å². The van der Waals surface area contributed by atoms with Gasteiger partial charge in [-0.1, -0.05) is 17.7 Å². The highest BCUT2D eigenvalue weighted by Gasteiger charge is 2.34. The summed E-state index contributed by atoms with van der Waals surface area (Å²) in [5, 5.41) is 15.0. The van der Waals surface area contributed by atoms with Gasteiger partial charge in [-0.15, -0.1) is 0 Å². The van der Waals surface area contributed by atoms with Crippen molar-refractivity contribution in [2.24, 2.45) is 0 Å². The summed E-state index contributed by atoms with van der Waals surface area (Å²) in [7, 11) is 0. The number of allylic oxidation sites excluding steroid dienone is 1. The number of fused-ring (bicyclic) bond motifs is 1. The lowest BCUT2D eigenvalue weighted by Crippen LogP contribution is -2.31. The van der Waals surface area contributed by atoms with Gasteiger partial charge in [-0.05, 0) is 39.3 Å². The average molecular weight is 377 g/mol. The van der Waals surface area contributed by atoms with Crippen LogP contribution in [0.4, 0.5) is 11.6 Å². The first-order valence-electron chi connectivity index (χ1n) is 9.26. The van der Waals surface area contributed by atoms with E-state index in [1.165, 1.54) is 6.33 Å². The molecule has 2 N–H and O–H groups in total. The van der Waals surface area contributed by atoms with Gasteiger partial charge < -0.3 is 10.6 Å². The quantitative estimate of drug-likeness (QED) is 0.729. The highest BCUT2D eigenvalue weighted by atomic mass is 16.1. The molecule has 0 radical (unpaired) electrons. The van der Waals surface area contributed by atoms with Gasteiger partial charge in [0.25, 0.3) is 5.91 Å². The number of carbonyl (C=O) groups is 1. The molecular formula is C20H23N7O. The van der Waals surface area contributed by atoms with Gasteiger partial charge >= 0.3 is 0 Å². The second-order valence-corrected chi connectivity index (χ2v) is 7.00. The third kappa shape index (κ3) is 3.06. The molecule has 1 aromatic carbocycles. The van der Waals surface area contributed by atoms with Crippen LogP contribution >= 0.6 is 0 Å². The van der Waals surface area contributed by atoms with E-state index in [0.717, 1.165) is 34.6 Å². The lowest BCUT2D eigenvalue weighted by atomic mass is 9.97. The summed E-state index contributed by atoms with van der Waals surface area (Å²) in [6, 6.07) is 5.57. The van der Waals surface area contributed by atoms with E-state index in [0.29, 0.717) is 11.5 Å². The Labute approximate surface area is 163 Å². The molecule has 0 fully saturated rings. The Kier molecular flexibility index (Phi) is 4.46. The minimum atomic E-state index is -0.398. The van der Waals surface area contributed by atoms with E-state index in [4.69, 9.17) is 0 Å². The van der Waals surface area contributed by atoms with Crippen LogP contribution < -0.4 is 10.6 Å². The van der Waals surface area contributed by atoms with Crippen molar-refractivity contribution < 1.29 is 4.79 Å². The predicted molar refractivity (Wildman–Crippen MR) is 107 cm³/mol. The van der Waals surface area contributed by atoms with Gasteiger partial charge in [0, 0.05) is 29.7 Å². The molecular weight excluding hydrogens is 354 g/mol. The summed E-state index contributed by atoms with van der Waals surface area (Å²) in [6.07, 6.45) is 5.21. The van der Waals surface area contributed by atoms with Gasteiger partial charge in [-0.3, -0.25) is 9.48 Å². The van der Waals surface area contributed by atoms with Crippen LogP contribution in [0, 0.1) is 13.8 Å². The van der Waals surface area contributed by atoms with E-state index in [9.17, 15) is 4.79 Å². The van der Waals surface area contributed by atoms with Crippen LogP contribution in [0.5, 0.6) is 0 Å². The maximum atomic E-state index is 13.3. The first-order chi connectivity index (χ1) is 13.5. The Morgan fingerprint density at radius 3 is 2.79 bits per heavy atom. The molecule has 3 heterocycles. The summed E-state index contributed by atoms with van der Waals surface area (Å²) >= 11 is 0. The third-order valence-corrected chi connectivity index (χ3v) is 4.96. The van der Waals surface area contributed by atoms with Crippen molar-refractivity contribution in [3.8, 4) is 0 Å².